The van der Waals surface area contributed by atoms with E-state index in [9.17, 15) is 9.59 Å². The Morgan fingerprint density at radius 2 is 1.77 bits per heavy atom. The number of aromatic nitrogens is 1. The maximum atomic E-state index is 13.7. The number of ether oxygens (including phenoxy) is 5. The van der Waals surface area contributed by atoms with Gasteiger partial charge in [0.15, 0.2) is 27.8 Å². The molecule has 0 aliphatic carbocycles. The summed E-state index contributed by atoms with van der Waals surface area (Å²) in [5, 5.41) is 0. The number of allylic oxidation sites excluding steroid dienone is 1. The standard InChI is InChI=1S/C25H20N2O7S/c1-3-30-24(29)21-13(2)26-25-27(22(21)15-5-7-17-19(10-15)34-12-32-17)23(28)20(35-25)9-14-4-6-16-18(8-14)33-11-31-16/h4-10,22H,3,11-12H2,1-2H3/b20-9-/t22-/m0/s1. The molecular weight excluding hydrogens is 472 g/mol. The Labute approximate surface area is 203 Å². The average molecular weight is 493 g/mol. The fourth-order valence-corrected chi connectivity index (χ4v) is 5.39. The number of carbonyl (C=O) groups is 1. The lowest BCUT2D eigenvalue weighted by Gasteiger charge is -2.24. The Morgan fingerprint density at radius 3 is 2.51 bits per heavy atom. The topological polar surface area (TPSA) is 97.6 Å². The molecular formula is C25H20N2O7S. The fraction of sp³-hybridized carbons (Fsp3) is 0.240. The molecule has 0 saturated carbocycles. The molecule has 0 amide bonds. The van der Waals surface area contributed by atoms with Crippen molar-refractivity contribution in [2.75, 3.05) is 20.2 Å². The van der Waals surface area contributed by atoms with Crippen molar-refractivity contribution in [3.05, 3.63) is 78.5 Å². The minimum Gasteiger partial charge on any atom is -0.463 e. The number of hydrogen-bond donors (Lipinski definition) is 0. The Bertz CT molecular complexity index is 1580. The molecule has 1 aromatic heterocycles. The summed E-state index contributed by atoms with van der Waals surface area (Å²) in [6.45, 7) is 3.99. The van der Waals surface area contributed by atoms with Crippen molar-refractivity contribution in [1.29, 1.82) is 0 Å². The van der Waals surface area contributed by atoms with Crippen molar-refractivity contribution in [2.45, 2.75) is 19.9 Å². The molecule has 35 heavy (non-hydrogen) atoms. The molecule has 0 saturated heterocycles. The van der Waals surface area contributed by atoms with E-state index in [1.807, 2.05) is 24.3 Å². The molecule has 9 nitrogen and oxygen atoms in total. The zero-order valence-corrected chi connectivity index (χ0v) is 19.7. The Hall–Kier alpha value is -4.05. The normalized spacial score (nSPS) is 17.9. The van der Waals surface area contributed by atoms with E-state index >= 15 is 0 Å². The molecule has 0 bridgehead atoms. The number of benzene rings is 2. The highest BCUT2D eigenvalue weighted by atomic mass is 32.1. The van der Waals surface area contributed by atoms with Gasteiger partial charge in [-0.15, -0.1) is 0 Å². The highest BCUT2D eigenvalue weighted by Gasteiger charge is 2.34. The van der Waals surface area contributed by atoms with Gasteiger partial charge in [-0.1, -0.05) is 23.5 Å². The van der Waals surface area contributed by atoms with E-state index in [1.54, 1.807) is 36.6 Å². The summed E-state index contributed by atoms with van der Waals surface area (Å²) in [5.41, 5.74) is 2.04. The van der Waals surface area contributed by atoms with Crippen molar-refractivity contribution in [3.8, 4) is 23.0 Å². The highest BCUT2D eigenvalue weighted by Crippen LogP contribution is 2.38. The quantitative estimate of drug-likeness (QED) is 0.516. The third-order valence-electron chi connectivity index (χ3n) is 5.92. The molecule has 6 rings (SSSR count). The van der Waals surface area contributed by atoms with Crippen molar-refractivity contribution in [2.24, 2.45) is 4.99 Å². The predicted octanol–water partition coefficient (Wildman–Crippen LogP) is 2.26. The molecule has 3 aliphatic heterocycles. The highest BCUT2D eigenvalue weighted by molar-refractivity contribution is 7.07. The second-order valence-electron chi connectivity index (χ2n) is 8.03. The summed E-state index contributed by atoms with van der Waals surface area (Å²) in [6.07, 6.45) is 1.78. The van der Waals surface area contributed by atoms with Crippen LogP contribution < -0.4 is 33.8 Å². The summed E-state index contributed by atoms with van der Waals surface area (Å²) in [5.74, 6) is 1.96. The Balaban J connectivity index is 1.53. The van der Waals surface area contributed by atoms with E-state index in [0.29, 0.717) is 49.2 Å². The van der Waals surface area contributed by atoms with Crippen molar-refractivity contribution < 1.29 is 28.5 Å². The van der Waals surface area contributed by atoms with Gasteiger partial charge in [0, 0.05) is 0 Å². The summed E-state index contributed by atoms with van der Waals surface area (Å²) in [7, 11) is 0. The van der Waals surface area contributed by atoms with Crippen LogP contribution in [0, 0.1) is 0 Å². The van der Waals surface area contributed by atoms with Crippen LogP contribution in [0.1, 0.15) is 31.0 Å². The van der Waals surface area contributed by atoms with Crippen LogP contribution in [-0.2, 0) is 9.53 Å². The van der Waals surface area contributed by atoms with Gasteiger partial charge in [0.05, 0.1) is 28.5 Å². The van der Waals surface area contributed by atoms with Crippen molar-refractivity contribution >= 4 is 23.4 Å². The van der Waals surface area contributed by atoms with Gasteiger partial charge in [0.2, 0.25) is 13.6 Å². The van der Waals surface area contributed by atoms with E-state index < -0.39 is 12.0 Å². The lowest BCUT2D eigenvalue weighted by atomic mass is 9.95. The molecule has 0 spiro atoms. The summed E-state index contributed by atoms with van der Waals surface area (Å²) >= 11 is 1.26. The first kappa shape index (κ1) is 21.5. The molecule has 10 heteroatoms. The van der Waals surface area contributed by atoms with Crippen LogP contribution in [0.2, 0.25) is 0 Å². The van der Waals surface area contributed by atoms with Gasteiger partial charge in [-0.3, -0.25) is 9.36 Å². The first-order chi connectivity index (χ1) is 17.0. The third kappa shape index (κ3) is 3.57. The van der Waals surface area contributed by atoms with Crippen LogP contribution in [0.4, 0.5) is 0 Å². The molecule has 3 aromatic rings. The molecule has 3 aliphatic rings. The largest absolute Gasteiger partial charge is 0.463 e. The maximum absolute atomic E-state index is 13.7. The van der Waals surface area contributed by atoms with Crippen LogP contribution >= 0.6 is 11.3 Å². The minimum absolute atomic E-state index is 0.122. The molecule has 0 unspecified atom stereocenters. The number of nitrogens with zero attached hydrogens (tertiary/aromatic N) is 2. The molecule has 178 valence electrons. The zero-order valence-electron chi connectivity index (χ0n) is 18.9. The Morgan fingerprint density at radius 1 is 1.09 bits per heavy atom. The second-order valence-corrected chi connectivity index (χ2v) is 9.04. The molecule has 1 atom stereocenters. The van der Waals surface area contributed by atoms with Gasteiger partial charge < -0.3 is 23.7 Å². The van der Waals surface area contributed by atoms with E-state index in [2.05, 4.69) is 4.99 Å². The molecule has 0 fully saturated rings. The van der Waals surface area contributed by atoms with E-state index in [1.165, 1.54) is 11.3 Å². The number of fused-ring (bicyclic) bond motifs is 3. The van der Waals surface area contributed by atoms with Gasteiger partial charge in [0.1, 0.15) is 0 Å². The van der Waals surface area contributed by atoms with Gasteiger partial charge in [-0.25, -0.2) is 9.79 Å². The first-order valence-corrected chi connectivity index (χ1v) is 11.8. The molecule has 4 heterocycles. The van der Waals surface area contributed by atoms with E-state index in [4.69, 9.17) is 23.7 Å². The van der Waals surface area contributed by atoms with Crippen LogP contribution in [0.25, 0.3) is 6.08 Å². The van der Waals surface area contributed by atoms with E-state index in [-0.39, 0.29) is 25.8 Å². The number of esters is 1. The first-order valence-electron chi connectivity index (χ1n) is 11.0. The number of rotatable bonds is 4. The summed E-state index contributed by atoms with van der Waals surface area (Å²) < 4.78 is 29.2. The lowest BCUT2D eigenvalue weighted by Crippen LogP contribution is -2.39. The minimum atomic E-state index is -0.723. The predicted molar refractivity (Wildman–Crippen MR) is 126 cm³/mol. The SMILES string of the molecule is CCOC(=O)C1=C(C)N=c2s/c(=C\c3ccc4c(c3)OCO4)c(=O)n2[C@H]1c1ccc2c(c1)OCO2. The van der Waals surface area contributed by atoms with Gasteiger partial charge in [-0.05, 0) is 55.3 Å². The maximum Gasteiger partial charge on any atom is 0.338 e. The molecule has 0 radical (unpaired) electrons. The summed E-state index contributed by atoms with van der Waals surface area (Å²) in [6, 6.07) is 10.2. The Kier molecular flexibility index (Phi) is 5.10. The third-order valence-corrected chi connectivity index (χ3v) is 6.91. The zero-order chi connectivity index (χ0) is 24.1. The lowest BCUT2D eigenvalue weighted by molar-refractivity contribution is -0.139. The van der Waals surface area contributed by atoms with Crippen LogP contribution in [0.5, 0.6) is 23.0 Å². The van der Waals surface area contributed by atoms with Crippen molar-refractivity contribution in [3.63, 3.8) is 0 Å². The van der Waals surface area contributed by atoms with E-state index in [0.717, 1.165) is 5.56 Å². The van der Waals surface area contributed by atoms with Gasteiger partial charge in [-0.2, -0.15) is 0 Å². The van der Waals surface area contributed by atoms with Gasteiger partial charge >= 0.3 is 5.97 Å². The van der Waals surface area contributed by atoms with Crippen molar-refractivity contribution in [1.82, 2.24) is 4.57 Å². The number of hydrogen-bond acceptors (Lipinski definition) is 9. The van der Waals surface area contributed by atoms with Crippen LogP contribution in [0.3, 0.4) is 0 Å². The van der Waals surface area contributed by atoms with Crippen LogP contribution in [0.15, 0.2) is 57.5 Å². The molecule has 0 N–H and O–H groups in total. The number of thiazole rings is 1. The second kappa shape index (κ2) is 8.31. The average Bonchev–Trinajstić information content (AvgIpc) is 3.57. The fourth-order valence-electron chi connectivity index (χ4n) is 4.34. The monoisotopic (exact) mass is 492 g/mol. The molecule has 2 aromatic carbocycles. The van der Waals surface area contributed by atoms with Crippen LogP contribution in [-0.4, -0.2) is 30.7 Å². The summed E-state index contributed by atoms with van der Waals surface area (Å²) in [4.78, 5) is 31.8. The number of carbonyl (C=O) groups excluding carboxylic acids is 1. The van der Waals surface area contributed by atoms with Gasteiger partial charge in [0.25, 0.3) is 5.56 Å². The smallest absolute Gasteiger partial charge is 0.338 e.